The number of anilines is 2. The van der Waals surface area contributed by atoms with E-state index in [0.29, 0.717) is 10.7 Å². The molecule has 2 N–H and O–H groups in total. The fourth-order valence-electron chi connectivity index (χ4n) is 1.66. The number of amides is 1. The van der Waals surface area contributed by atoms with Gasteiger partial charge in [-0.2, -0.15) is 0 Å². The minimum atomic E-state index is -0.580. The second-order valence-electron chi connectivity index (χ2n) is 4.15. The minimum Gasteiger partial charge on any atom is -0.385 e. The Kier molecular flexibility index (Phi) is 4.77. The van der Waals surface area contributed by atoms with Crippen LogP contribution in [0.2, 0.25) is 0 Å². The monoisotopic (exact) mass is 307 g/mol. The zero-order valence-corrected chi connectivity index (χ0v) is 12.0. The quantitative estimate of drug-likeness (QED) is 0.626. The lowest BCUT2D eigenvalue weighted by atomic mass is 10.1. The highest BCUT2D eigenvalue weighted by molar-refractivity contribution is 7.10. The second kappa shape index (κ2) is 6.75. The van der Waals surface area contributed by atoms with Gasteiger partial charge in [0.1, 0.15) is 10.6 Å². The molecule has 0 saturated carbocycles. The van der Waals surface area contributed by atoms with Gasteiger partial charge in [-0.1, -0.05) is 11.4 Å². The highest BCUT2D eigenvalue weighted by Gasteiger charge is 2.21. The summed E-state index contributed by atoms with van der Waals surface area (Å²) < 4.78 is 3.62. The zero-order chi connectivity index (χ0) is 15.2. The average molecular weight is 307 g/mol. The van der Waals surface area contributed by atoms with Gasteiger partial charge in [-0.05, 0) is 18.6 Å². The minimum absolute atomic E-state index is 0.00509. The molecule has 0 spiro atoms. The maximum Gasteiger partial charge on any atom is 0.282 e. The van der Waals surface area contributed by atoms with E-state index in [1.807, 2.05) is 6.92 Å². The third kappa shape index (κ3) is 3.72. The Hall–Kier alpha value is -2.55. The number of nitrogens with one attached hydrogen (secondary N) is 2. The van der Waals surface area contributed by atoms with E-state index in [1.54, 1.807) is 6.07 Å². The summed E-state index contributed by atoms with van der Waals surface area (Å²) in [7, 11) is 0. The third-order valence-electron chi connectivity index (χ3n) is 2.62. The summed E-state index contributed by atoms with van der Waals surface area (Å²) in [6.45, 7) is 2.72. The lowest BCUT2D eigenvalue weighted by Gasteiger charge is -2.08. The number of carbonyl (C=O) groups excluding carboxylic acids is 1. The molecular weight excluding hydrogens is 294 g/mol. The Morgan fingerprint density at radius 1 is 1.48 bits per heavy atom. The van der Waals surface area contributed by atoms with Gasteiger partial charge in [-0.25, -0.2) is 0 Å². The van der Waals surface area contributed by atoms with Gasteiger partial charge in [-0.15, -0.1) is 5.10 Å². The molecule has 110 valence electrons. The number of hydrogen-bond donors (Lipinski definition) is 2. The molecule has 0 aliphatic heterocycles. The maximum absolute atomic E-state index is 12.2. The average Bonchev–Trinajstić information content (AvgIpc) is 2.97. The largest absolute Gasteiger partial charge is 0.385 e. The summed E-state index contributed by atoms with van der Waals surface area (Å²) >= 11 is 1.000. The Morgan fingerprint density at radius 2 is 2.29 bits per heavy atom. The molecule has 0 aliphatic carbocycles. The van der Waals surface area contributed by atoms with Crippen LogP contribution in [0.15, 0.2) is 24.4 Å². The lowest BCUT2D eigenvalue weighted by molar-refractivity contribution is -0.385. The smallest absolute Gasteiger partial charge is 0.282 e. The molecule has 1 heterocycles. The number of rotatable bonds is 6. The molecule has 2 rings (SSSR count). The van der Waals surface area contributed by atoms with E-state index in [0.717, 1.165) is 24.5 Å². The first-order valence-electron chi connectivity index (χ1n) is 6.23. The van der Waals surface area contributed by atoms with E-state index < -0.39 is 10.8 Å². The van der Waals surface area contributed by atoms with Crippen molar-refractivity contribution in [1.29, 1.82) is 0 Å². The van der Waals surface area contributed by atoms with Crippen LogP contribution in [0.5, 0.6) is 0 Å². The van der Waals surface area contributed by atoms with Crippen molar-refractivity contribution in [2.45, 2.75) is 13.3 Å². The van der Waals surface area contributed by atoms with Crippen LogP contribution in [0.1, 0.15) is 23.7 Å². The predicted molar refractivity (Wildman–Crippen MR) is 79.7 cm³/mol. The standard InChI is InChI=1S/C12H13N5O3S/c1-2-5-13-8-3-4-10(17(19)20)9(6-8)12(18)15-11-7-14-16-21-11/h3-4,6-7,13H,2,5H2,1H3,(H,15,18). The Labute approximate surface area is 124 Å². The summed E-state index contributed by atoms with van der Waals surface area (Å²) in [6.07, 6.45) is 2.29. The maximum atomic E-state index is 12.2. The molecule has 0 unspecified atom stereocenters. The number of nitro groups is 1. The number of hydrogen-bond acceptors (Lipinski definition) is 7. The van der Waals surface area contributed by atoms with E-state index in [4.69, 9.17) is 0 Å². The van der Waals surface area contributed by atoms with E-state index in [-0.39, 0.29) is 11.3 Å². The molecule has 0 bridgehead atoms. The first-order chi connectivity index (χ1) is 10.1. The van der Waals surface area contributed by atoms with Crippen LogP contribution in [-0.2, 0) is 0 Å². The van der Waals surface area contributed by atoms with Gasteiger partial charge in [0.05, 0.1) is 11.1 Å². The van der Waals surface area contributed by atoms with E-state index in [1.165, 1.54) is 18.3 Å². The molecule has 0 fully saturated rings. The zero-order valence-electron chi connectivity index (χ0n) is 11.2. The third-order valence-corrected chi connectivity index (χ3v) is 3.20. The van der Waals surface area contributed by atoms with Crippen LogP contribution in [0.3, 0.4) is 0 Å². The molecule has 8 nitrogen and oxygen atoms in total. The molecule has 1 aromatic carbocycles. The molecule has 2 aromatic rings. The molecule has 0 atom stereocenters. The van der Waals surface area contributed by atoms with E-state index in [9.17, 15) is 14.9 Å². The Bertz CT molecular complexity index is 644. The van der Waals surface area contributed by atoms with Crippen molar-refractivity contribution in [3.8, 4) is 0 Å². The SMILES string of the molecule is CCCNc1ccc([N+](=O)[O-])c(C(=O)Nc2cnns2)c1. The summed E-state index contributed by atoms with van der Waals surface area (Å²) in [5.41, 5.74) is 0.413. The molecule has 1 aromatic heterocycles. The number of nitrogens with zero attached hydrogens (tertiary/aromatic N) is 3. The van der Waals surface area contributed by atoms with Gasteiger partial charge in [0.25, 0.3) is 11.6 Å². The molecule has 0 saturated heterocycles. The number of benzene rings is 1. The van der Waals surface area contributed by atoms with E-state index >= 15 is 0 Å². The first kappa shape index (κ1) is 14.9. The highest BCUT2D eigenvalue weighted by Crippen LogP contribution is 2.24. The topological polar surface area (TPSA) is 110 Å². The van der Waals surface area contributed by atoms with Crippen molar-refractivity contribution in [2.75, 3.05) is 17.2 Å². The van der Waals surface area contributed by atoms with Gasteiger partial charge in [0.2, 0.25) is 0 Å². The molecule has 0 radical (unpaired) electrons. The van der Waals surface area contributed by atoms with Crippen LogP contribution in [0.4, 0.5) is 16.4 Å². The van der Waals surface area contributed by atoms with Crippen molar-refractivity contribution >= 4 is 33.8 Å². The second-order valence-corrected chi connectivity index (χ2v) is 4.94. The molecule has 0 aliphatic rings. The normalized spacial score (nSPS) is 10.1. The molecule has 21 heavy (non-hydrogen) atoms. The van der Waals surface area contributed by atoms with Crippen molar-refractivity contribution in [3.05, 3.63) is 40.1 Å². The van der Waals surface area contributed by atoms with Crippen molar-refractivity contribution in [3.63, 3.8) is 0 Å². The predicted octanol–water partition coefficient (Wildman–Crippen LogP) is 2.52. The van der Waals surface area contributed by atoms with Crippen molar-refractivity contribution in [2.24, 2.45) is 0 Å². The fraction of sp³-hybridized carbons (Fsp3) is 0.250. The fourth-order valence-corrected chi connectivity index (χ4v) is 2.07. The number of aromatic nitrogens is 2. The summed E-state index contributed by atoms with van der Waals surface area (Å²) in [5.74, 6) is -0.562. The van der Waals surface area contributed by atoms with Crippen molar-refractivity contribution < 1.29 is 9.72 Å². The van der Waals surface area contributed by atoms with Crippen LogP contribution in [0, 0.1) is 10.1 Å². The number of nitro benzene ring substituents is 1. The summed E-state index contributed by atoms with van der Waals surface area (Å²) in [6, 6.07) is 4.37. The van der Waals surface area contributed by atoms with Gasteiger partial charge in [0.15, 0.2) is 0 Å². The molecule has 9 heteroatoms. The highest BCUT2D eigenvalue weighted by atomic mass is 32.1. The molecular formula is C12H13N5O3S. The Balaban J connectivity index is 2.29. The summed E-state index contributed by atoms with van der Waals surface area (Å²) in [4.78, 5) is 22.6. The van der Waals surface area contributed by atoms with Crippen molar-refractivity contribution in [1.82, 2.24) is 9.59 Å². The Morgan fingerprint density at radius 3 is 2.90 bits per heavy atom. The van der Waals surface area contributed by atoms with E-state index in [2.05, 4.69) is 20.2 Å². The van der Waals surface area contributed by atoms with Gasteiger partial charge < -0.3 is 10.6 Å². The van der Waals surface area contributed by atoms with Crippen LogP contribution >= 0.6 is 11.5 Å². The van der Waals surface area contributed by atoms with Crippen LogP contribution in [-0.4, -0.2) is 27.0 Å². The number of carbonyl (C=O) groups is 1. The van der Waals surface area contributed by atoms with Crippen LogP contribution in [0.25, 0.3) is 0 Å². The summed E-state index contributed by atoms with van der Waals surface area (Å²) in [5, 5.41) is 20.7. The van der Waals surface area contributed by atoms with Gasteiger partial charge in [-0.3, -0.25) is 14.9 Å². The van der Waals surface area contributed by atoms with Gasteiger partial charge in [0, 0.05) is 29.8 Å². The lowest BCUT2D eigenvalue weighted by Crippen LogP contribution is -2.14. The van der Waals surface area contributed by atoms with Gasteiger partial charge >= 0.3 is 0 Å². The molecule has 1 amide bonds. The van der Waals surface area contributed by atoms with Crippen LogP contribution < -0.4 is 10.6 Å². The first-order valence-corrected chi connectivity index (χ1v) is 7.00.